The number of allylic oxidation sites excluding steroid dienone is 3. The molecule has 2 fully saturated rings. The van der Waals surface area contributed by atoms with Crippen LogP contribution in [0, 0.1) is 23.7 Å². The third kappa shape index (κ3) is 4.75. The molecule has 0 aromatic carbocycles. The van der Waals surface area contributed by atoms with Gasteiger partial charge in [-0.05, 0) is 82.0 Å². The fraction of sp³-hybridized carbons (Fsp3) is 0.789. The first-order valence-corrected chi connectivity index (χ1v) is 8.71. The van der Waals surface area contributed by atoms with E-state index in [1.807, 2.05) is 0 Å². The van der Waals surface area contributed by atoms with E-state index in [9.17, 15) is 4.39 Å². The second-order valence-corrected chi connectivity index (χ2v) is 6.92. The molecule has 0 heterocycles. The summed E-state index contributed by atoms with van der Waals surface area (Å²) in [5.74, 6) is 3.42. The highest BCUT2D eigenvalue weighted by Gasteiger charge is 2.30. The van der Waals surface area contributed by atoms with Crippen LogP contribution in [0.2, 0.25) is 0 Å². The van der Waals surface area contributed by atoms with Crippen molar-refractivity contribution in [1.29, 1.82) is 0 Å². The summed E-state index contributed by atoms with van der Waals surface area (Å²) >= 11 is 0. The highest BCUT2D eigenvalue weighted by molar-refractivity contribution is 4.89. The fourth-order valence-electron chi connectivity index (χ4n) is 4.36. The lowest BCUT2D eigenvalue weighted by Crippen LogP contribution is -2.25. The monoisotopic (exact) mass is 278 g/mol. The molecule has 0 atom stereocenters. The summed E-state index contributed by atoms with van der Waals surface area (Å²) in [5, 5.41) is 0. The Bertz CT molecular complexity index is 302. The molecule has 0 aromatic heterocycles. The van der Waals surface area contributed by atoms with Crippen LogP contribution < -0.4 is 0 Å². The van der Waals surface area contributed by atoms with Crippen LogP contribution in [0.5, 0.6) is 0 Å². The molecule has 114 valence electrons. The van der Waals surface area contributed by atoms with Gasteiger partial charge in [-0.3, -0.25) is 0 Å². The summed E-state index contributed by atoms with van der Waals surface area (Å²) in [6.45, 7) is 2.12. The van der Waals surface area contributed by atoms with Gasteiger partial charge in [-0.25, -0.2) is 4.39 Å². The van der Waals surface area contributed by atoms with Crippen LogP contribution in [0.3, 0.4) is 0 Å². The zero-order valence-corrected chi connectivity index (χ0v) is 13.1. The molecule has 1 heteroatoms. The molecule has 2 saturated carbocycles. The molecule has 2 aliphatic carbocycles. The van der Waals surface area contributed by atoms with Gasteiger partial charge in [-0.2, -0.15) is 0 Å². The van der Waals surface area contributed by atoms with E-state index in [0.29, 0.717) is 5.92 Å². The van der Waals surface area contributed by atoms with Gasteiger partial charge in [0.25, 0.3) is 0 Å². The molecule has 0 bridgehead atoms. The van der Waals surface area contributed by atoms with Crippen LogP contribution in [0.15, 0.2) is 24.6 Å². The first-order valence-electron chi connectivity index (χ1n) is 8.71. The predicted molar refractivity (Wildman–Crippen MR) is 85.2 cm³/mol. The van der Waals surface area contributed by atoms with Gasteiger partial charge in [0.05, 0.1) is 6.33 Å². The summed E-state index contributed by atoms with van der Waals surface area (Å²) in [7, 11) is 0. The number of halogens is 1. The average molecular weight is 278 g/mol. The molecule has 0 radical (unpaired) electrons. The molecule has 0 N–H and O–H groups in total. The minimum absolute atomic E-state index is 0.522. The first-order chi connectivity index (χ1) is 9.83. The molecule has 0 nitrogen and oxygen atoms in total. The van der Waals surface area contributed by atoms with Gasteiger partial charge in [0.1, 0.15) is 0 Å². The third-order valence-electron chi connectivity index (χ3n) is 5.70. The predicted octanol–water partition coefficient (Wildman–Crippen LogP) is 6.44. The Morgan fingerprint density at radius 1 is 0.900 bits per heavy atom. The zero-order chi connectivity index (χ0) is 14.2. The quantitative estimate of drug-likeness (QED) is 0.508. The van der Waals surface area contributed by atoms with Gasteiger partial charge in [0.15, 0.2) is 0 Å². The van der Waals surface area contributed by atoms with Crippen molar-refractivity contribution < 1.29 is 4.39 Å². The van der Waals surface area contributed by atoms with E-state index in [-0.39, 0.29) is 0 Å². The van der Waals surface area contributed by atoms with Crippen LogP contribution in [0.25, 0.3) is 0 Å². The minimum atomic E-state index is 0.522. The fourth-order valence-corrected chi connectivity index (χ4v) is 4.36. The smallest absolute Gasteiger partial charge is 0.0829 e. The largest absolute Gasteiger partial charge is 0.216 e. The molecule has 0 saturated heterocycles. The van der Waals surface area contributed by atoms with Gasteiger partial charge in [-0.15, -0.1) is 0 Å². The topological polar surface area (TPSA) is 0 Å². The van der Waals surface area contributed by atoms with Crippen LogP contribution in [0.4, 0.5) is 4.39 Å². The highest BCUT2D eigenvalue weighted by atomic mass is 19.1. The van der Waals surface area contributed by atoms with Crippen molar-refractivity contribution in [2.24, 2.45) is 23.7 Å². The summed E-state index contributed by atoms with van der Waals surface area (Å²) < 4.78 is 12.2. The molecule has 0 aliphatic heterocycles. The lowest BCUT2D eigenvalue weighted by Gasteiger charge is -2.37. The second-order valence-electron chi connectivity index (χ2n) is 6.92. The van der Waals surface area contributed by atoms with Crippen molar-refractivity contribution in [1.82, 2.24) is 0 Å². The van der Waals surface area contributed by atoms with E-state index >= 15 is 0 Å². The zero-order valence-electron chi connectivity index (χ0n) is 13.1. The van der Waals surface area contributed by atoms with Crippen LogP contribution >= 0.6 is 0 Å². The number of rotatable bonds is 5. The Labute approximate surface area is 124 Å². The minimum Gasteiger partial charge on any atom is -0.216 e. The molecule has 0 spiro atoms. The Balaban J connectivity index is 1.67. The van der Waals surface area contributed by atoms with E-state index in [1.54, 1.807) is 6.08 Å². The highest BCUT2D eigenvalue weighted by Crippen LogP contribution is 2.42. The van der Waals surface area contributed by atoms with Gasteiger partial charge >= 0.3 is 0 Å². The van der Waals surface area contributed by atoms with Gasteiger partial charge in [0, 0.05) is 0 Å². The molecule has 0 unspecified atom stereocenters. The van der Waals surface area contributed by atoms with Crippen molar-refractivity contribution in [3.63, 3.8) is 0 Å². The molecule has 0 amide bonds. The van der Waals surface area contributed by atoms with E-state index in [2.05, 4.69) is 19.1 Å². The first kappa shape index (κ1) is 15.8. The van der Waals surface area contributed by atoms with Gasteiger partial charge in [0.2, 0.25) is 0 Å². The van der Waals surface area contributed by atoms with Crippen LogP contribution in [0.1, 0.15) is 71.1 Å². The normalized spacial score (nSPS) is 35.9. The molecule has 2 aliphatic rings. The van der Waals surface area contributed by atoms with E-state index in [4.69, 9.17) is 0 Å². The van der Waals surface area contributed by atoms with Crippen molar-refractivity contribution in [3.8, 4) is 0 Å². The summed E-state index contributed by atoms with van der Waals surface area (Å²) in [4.78, 5) is 0. The van der Waals surface area contributed by atoms with Crippen molar-refractivity contribution >= 4 is 0 Å². The number of hydrogen-bond acceptors (Lipinski definition) is 0. The average Bonchev–Trinajstić information content (AvgIpc) is 2.49. The third-order valence-corrected chi connectivity index (χ3v) is 5.70. The molecule has 2 rings (SSSR count). The Kier molecular flexibility index (Phi) is 6.82. The lowest BCUT2D eigenvalue weighted by atomic mass is 9.69. The standard InChI is InChI=1S/C19H31F/c1-2-3-4-5-16-6-10-18(11-7-16)19-12-8-17(9-13-19)14-15-20/h2-3,14-19H,4-13H2,1H3/b3-2+,15-14+. The molecule has 20 heavy (non-hydrogen) atoms. The summed E-state index contributed by atoms with van der Waals surface area (Å²) in [5.41, 5.74) is 0. The Morgan fingerprint density at radius 3 is 2.05 bits per heavy atom. The lowest BCUT2D eigenvalue weighted by molar-refractivity contribution is 0.153. The molecular formula is C19H31F. The van der Waals surface area contributed by atoms with Crippen molar-refractivity contribution in [2.45, 2.75) is 71.1 Å². The SMILES string of the molecule is C/C=C/CCC1CCC(C2CCC(/C=C/F)CC2)CC1. The molecule has 0 aromatic rings. The maximum Gasteiger partial charge on any atom is 0.0829 e. The maximum atomic E-state index is 12.2. The Hall–Kier alpha value is -0.590. The van der Waals surface area contributed by atoms with Crippen molar-refractivity contribution in [2.75, 3.05) is 0 Å². The van der Waals surface area contributed by atoms with E-state index in [1.165, 1.54) is 64.2 Å². The summed E-state index contributed by atoms with van der Waals surface area (Å²) in [6, 6.07) is 0. The van der Waals surface area contributed by atoms with E-state index < -0.39 is 0 Å². The summed E-state index contributed by atoms with van der Waals surface area (Å²) in [6.07, 6.45) is 20.6. The van der Waals surface area contributed by atoms with Crippen LogP contribution in [-0.2, 0) is 0 Å². The van der Waals surface area contributed by atoms with Gasteiger partial charge in [-0.1, -0.05) is 31.1 Å². The maximum absolute atomic E-state index is 12.2. The molecular weight excluding hydrogens is 247 g/mol. The van der Waals surface area contributed by atoms with E-state index in [0.717, 1.165) is 24.1 Å². The van der Waals surface area contributed by atoms with Gasteiger partial charge < -0.3 is 0 Å². The van der Waals surface area contributed by atoms with Crippen molar-refractivity contribution in [3.05, 3.63) is 24.6 Å². The van der Waals surface area contributed by atoms with Crippen LogP contribution in [-0.4, -0.2) is 0 Å². The second kappa shape index (κ2) is 8.64. The Morgan fingerprint density at radius 2 is 1.50 bits per heavy atom. The number of hydrogen-bond donors (Lipinski definition) is 0.